The van der Waals surface area contributed by atoms with Crippen molar-refractivity contribution in [2.24, 2.45) is 5.41 Å². The number of hydrogen-bond acceptors (Lipinski definition) is 2. The van der Waals surface area contributed by atoms with Gasteiger partial charge in [-0.3, -0.25) is 4.79 Å². The van der Waals surface area contributed by atoms with E-state index in [1.807, 2.05) is 0 Å². The Morgan fingerprint density at radius 2 is 2.00 bits per heavy atom. The molecule has 0 heterocycles. The third kappa shape index (κ3) is 4.48. The van der Waals surface area contributed by atoms with E-state index in [1.54, 1.807) is 32.0 Å². The largest absolute Gasteiger partial charge is 0.481 e. The van der Waals surface area contributed by atoms with Gasteiger partial charge in [0.25, 0.3) is 0 Å². The van der Waals surface area contributed by atoms with E-state index in [4.69, 9.17) is 28.3 Å². The Kier molecular flexibility index (Phi) is 5.02. The molecule has 0 aromatic heterocycles. The molecule has 1 atom stereocenters. The van der Waals surface area contributed by atoms with Crippen molar-refractivity contribution >= 4 is 29.2 Å². The minimum Gasteiger partial charge on any atom is -0.481 e. The van der Waals surface area contributed by atoms with Crippen molar-refractivity contribution in [2.45, 2.75) is 32.8 Å². The van der Waals surface area contributed by atoms with Gasteiger partial charge in [0.1, 0.15) is 0 Å². The van der Waals surface area contributed by atoms with E-state index in [1.165, 1.54) is 0 Å². The molecule has 0 saturated carbocycles. The Morgan fingerprint density at radius 1 is 1.39 bits per heavy atom. The van der Waals surface area contributed by atoms with Gasteiger partial charge in [-0.1, -0.05) is 43.1 Å². The minimum atomic E-state index is -0.880. The number of benzene rings is 1. The van der Waals surface area contributed by atoms with Gasteiger partial charge in [-0.15, -0.1) is 0 Å². The smallest absolute Gasteiger partial charge is 0.303 e. The summed E-state index contributed by atoms with van der Waals surface area (Å²) in [6.45, 7) is 3.60. The zero-order valence-electron chi connectivity index (χ0n) is 10.3. The van der Waals surface area contributed by atoms with E-state index in [-0.39, 0.29) is 6.42 Å². The van der Waals surface area contributed by atoms with E-state index >= 15 is 0 Å². The maximum absolute atomic E-state index is 10.7. The molecule has 2 N–H and O–H groups in total. The van der Waals surface area contributed by atoms with Crippen LogP contribution in [0.4, 0.5) is 0 Å². The normalized spacial score (nSPS) is 13.4. The number of aliphatic hydroxyl groups is 1. The topological polar surface area (TPSA) is 57.5 Å². The van der Waals surface area contributed by atoms with Gasteiger partial charge in [0.15, 0.2) is 0 Å². The molecule has 3 nitrogen and oxygen atoms in total. The first-order valence-corrected chi connectivity index (χ1v) is 6.32. The molecule has 18 heavy (non-hydrogen) atoms. The van der Waals surface area contributed by atoms with Crippen LogP contribution < -0.4 is 0 Å². The van der Waals surface area contributed by atoms with Gasteiger partial charge < -0.3 is 10.2 Å². The summed E-state index contributed by atoms with van der Waals surface area (Å²) in [7, 11) is 0. The molecule has 0 amide bonds. The highest BCUT2D eigenvalue weighted by atomic mass is 35.5. The summed E-state index contributed by atoms with van der Waals surface area (Å²) in [6.07, 6.45) is -0.486. The average Bonchev–Trinajstić information content (AvgIpc) is 2.13. The lowest BCUT2D eigenvalue weighted by atomic mass is 9.82. The maximum Gasteiger partial charge on any atom is 0.303 e. The fourth-order valence-corrected chi connectivity index (χ4v) is 2.42. The van der Waals surface area contributed by atoms with Crippen LogP contribution in [0.2, 0.25) is 10.0 Å². The summed E-state index contributed by atoms with van der Waals surface area (Å²) in [5, 5.41) is 19.8. The van der Waals surface area contributed by atoms with Crippen LogP contribution >= 0.6 is 23.2 Å². The second kappa shape index (κ2) is 5.91. The molecule has 0 saturated heterocycles. The quantitative estimate of drug-likeness (QED) is 0.864. The van der Waals surface area contributed by atoms with Gasteiger partial charge in [0, 0.05) is 10.0 Å². The zero-order valence-corrected chi connectivity index (χ0v) is 11.8. The number of carbonyl (C=O) groups is 1. The van der Waals surface area contributed by atoms with E-state index < -0.39 is 17.5 Å². The standard InChI is InChI=1S/C13H16Cl2O3/c1-13(2,7-12(17)18)6-11(16)9-4-3-8(14)5-10(9)15/h3-5,11,16H,6-7H2,1-2H3,(H,17,18). The Balaban J connectivity index is 2.81. The summed E-state index contributed by atoms with van der Waals surface area (Å²) in [6, 6.07) is 4.87. The van der Waals surface area contributed by atoms with Crippen molar-refractivity contribution in [2.75, 3.05) is 0 Å². The highest BCUT2D eigenvalue weighted by Gasteiger charge is 2.26. The van der Waals surface area contributed by atoms with Crippen LogP contribution in [-0.2, 0) is 4.79 Å². The molecule has 0 bridgehead atoms. The SMILES string of the molecule is CC(C)(CC(=O)O)CC(O)c1ccc(Cl)cc1Cl. The summed E-state index contributed by atoms with van der Waals surface area (Å²) in [5.74, 6) is -0.880. The van der Waals surface area contributed by atoms with Crippen LogP contribution in [0.3, 0.4) is 0 Å². The zero-order chi connectivity index (χ0) is 13.9. The number of halogens is 2. The summed E-state index contributed by atoms with van der Waals surface area (Å²) in [5.41, 5.74) is 0.0633. The first-order chi connectivity index (χ1) is 8.21. The summed E-state index contributed by atoms with van der Waals surface area (Å²) >= 11 is 11.8. The molecule has 1 aromatic carbocycles. The van der Waals surface area contributed by atoms with E-state index in [0.29, 0.717) is 22.0 Å². The second-order valence-corrected chi connectivity index (χ2v) is 5.96. The lowest BCUT2D eigenvalue weighted by Gasteiger charge is -2.26. The molecular weight excluding hydrogens is 275 g/mol. The second-order valence-electron chi connectivity index (χ2n) is 5.12. The van der Waals surface area contributed by atoms with Crippen LogP contribution in [0.1, 0.15) is 38.4 Å². The van der Waals surface area contributed by atoms with Crippen molar-refractivity contribution in [1.29, 1.82) is 0 Å². The van der Waals surface area contributed by atoms with E-state index in [0.717, 1.165) is 0 Å². The van der Waals surface area contributed by atoms with Gasteiger partial charge in [-0.05, 0) is 29.5 Å². The maximum atomic E-state index is 10.7. The fraction of sp³-hybridized carbons (Fsp3) is 0.462. The summed E-state index contributed by atoms with van der Waals surface area (Å²) in [4.78, 5) is 10.7. The molecular formula is C13H16Cl2O3. The van der Waals surface area contributed by atoms with Crippen molar-refractivity contribution in [3.05, 3.63) is 33.8 Å². The fourth-order valence-electron chi connectivity index (χ4n) is 1.89. The Bertz CT molecular complexity index is 444. The molecule has 0 aliphatic carbocycles. The van der Waals surface area contributed by atoms with Crippen LogP contribution in [0.25, 0.3) is 0 Å². The molecule has 1 rings (SSSR count). The van der Waals surface area contributed by atoms with Crippen molar-refractivity contribution in [3.8, 4) is 0 Å². The van der Waals surface area contributed by atoms with Gasteiger partial charge in [-0.25, -0.2) is 0 Å². The minimum absolute atomic E-state index is 0.00469. The molecule has 0 aliphatic heterocycles. The van der Waals surface area contributed by atoms with Gasteiger partial charge in [0.2, 0.25) is 0 Å². The summed E-state index contributed by atoms with van der Waals surface area (Å²) < 4.78 is 0. The lowest BCUT2D eigenvalue weighted by molar-refractivity contribution is -0.139. The first-order valence-electron chi connectivity index (χ1n) is 5.56. The Hall–Kier alpha value is -0.770. The van der Waals surface area contributed by atoms with Crippen molar-refractivity contribution < 1.29 is 15.0 Å². The van der Waals surface area contributed by atoms with E-state index in [9.17, 15) is 9.90 Å². The lowest BCUT2D eigenvalue weighted by Crippen LogP contribution is -2.20. The van der Waals surface area contributed by atoms with Crippen molar-refractivity contribution in [3.63, 3.8) is 0 Å². The molecule has 0 radical (unpaired) electrons. The average molecular weight is 291 g/mol. The Morgan fingerprint density at radius 3 is 2.50 bits per heavy atom. The third-order valence-electron chi connectivity index (χ3n) is 2.70. The molecule has 0 aliphatic rings. The molecule has 5 heteroatoms. The number of aliphatic hydroxyl groups excluding tert-OH is 1. The third-order valence-corrected chi connectivity index (χ3v) is 3.26. The number of carboxylic acids is 1. The number of aliphatic carboxylic acids is 1. The van der Waals surface area contributed by atoms with E-state index in [2.05, 4.69) is 0 Å². The number of hydrogen-bond donors (Lipinski definition) is 2. The molecule has 1 unspecified atom stereocenters. The van der Waals surface area contributed by atoms with Gasteiger partial charge in [-0.2, -0.15) is 0 Å². The van der Waals surface area contributed by atoms with Gasteiger partial charge in [0.05, 0.1) is 12.5 Å². The van der Waals surface area contributed by atoms with Crippen LogP contribution in [0.15, 0.2) is 18.2 Å². The molecule has 1 aromatic rings. The predicted octanol–water partition coefficient (Wildman–Crippen LogP) is 3.92. The predicted molar refractivity (Wildman–Crippen MR) is 72.1 cm³/mol. The highest BCUT2D eigenvalue weighted by molar-refractivity contribution is 6.35. The molecule has 0 fully saturated rings. The van der Waals surface area contributed by atoms with Crippen LogP contribution in [-0.4, -0.2) is 16.2 Å². The molecule has 0 spiro atoms. The first kappa shape index (κ1) is 15.3. The number of rotatable bonds is 5. The molecule has 100 valence electrons. The highest BCUT2D eigenvalue weighted by Crippen LogP contribution is 2.36. The van der Waals surface area contributed by atoms with Gasteiger partial charge >= 0.3 is 5.97 Å². The Labute approximate surface area is 116 Å². The van der Waals surface area contributed by atoms with Crippen LogP contribution in [0.5, 0.6) is 0 Å². The number of carboxylic acid groups (broad SMARTS) is 1. The monoisotopic (exact) mass is 290 g/mol. The van der Waals surface area contributed by atoms with Crippen molar-refractivity contribution in [1.82, 2.24) is 0 Å². The van der Waals surface area contributed by atoms with Crippen LogP contribution in [0, 0.1) is 5.41 Å².